The second kappa shape index (κ2) is 12.4. The number of likely N-dealkylation sites (tertiary alicyclic amines) is 2. The minimum absolute atomic E-state index is 0.106. The van der Waals surface area contributed by atoms with Crippen LogP contribution in [0.15, 0.2) is 77.9 Å². The lowest BCUT2D eigenvalue weighted by Crippen LogP contribution is -2.45. The number of carbonyl (C=O) groups is 1. The maximum atomic E-state index is 13.2. The maximum absolute atomic E-state index is 13.2. The molecule has 4 heterocycles. The number of halogens is 1. The first-order valence-corrected chi connectivity index (χ1v) is 14.9. The molecule has 2 aromatic heterocycles. The summed E-state index contributed by atoms with van der Waals surface area (Å²) in [5.74, 6) is 0.963. The number of nitrogen functional groups attached to an aromatic ring is 1. The van der Waals surface area contributed by atoms with Gasteiger partial charge in [0.1, 0.15) is 6.61 Å². The lowest BCUT2D eigenvalue weighted by atomic mass is 10.0. The van der Waals surface area contributed by atoms with Crippen molar-refractivity contribution in [3.05, 3.63) is 89.0 Å². The third kappa shape index (κ3) is 6.41. The number of rotatable bonds is 7. The standard InChI is InChI=1S/C32H33BrN6O2/c33-32-36-19-27(20-37-32)24-5-3-22(4-6-24)21-41-29-17-26(18-35-30(29)34)23-7-9-25(10-8-23)31(40)39-15-11-28(12-16-39)38-13-1-2-14-38/h3-10,17-20,28H,1-2,11-16,21H2,(H2,34,35). The van der Waals surface area contributed by atoms with Crippen molar-refractivity contribution in [2.75, 3.05) is 31.9 Å². The van der Waals surface area contributed by atoms with Gasteiger partial charge in [-0.15, -0.1) is 0 Å². The van der Waals surface area contributed by atoms with Gasteiger partial charge in [-0.2, -0.15) is 0 Å². The second-order valence-electron chi connectivity index (χ2n) is 10.7. The van der Waals surface area contributed by atoms with E-state index in [0.29, 0.717) is 34.5 Å². The maximum Gasteiger partial charge on any atom is 0.253 e. The Hall–Kier alpha value is -3.82. The van der Waals surface area contributed by atoms with E-state index in [2.05, 4.69) is 35.8 Å². The van der Waals surface area contributed by atoms with Gasteiger partial charge in [0.2, 0.25) is 0 Å². The van der Waals surface area contributed by atoms with Gasteiger partial charge in [0.15, 0.2) is 16.3 Å². The SMILES string of the molecule is Nc1ncc(-c2ccc(C(=O)N3CCC(N4CCCC4)CC3)cc2)cc1OCc1ccc(-c2cnc(Br)nc2)cc1. The molecule has 6 rings (SSSR count). The van der Waals surface area contributed by atoms with Gasteiger partial charge in [-0.3, -0.25) is 4.79 Å². The first-order valence-electron chi connectivity index (χ1n) is 14.1. The van der Waals surface area contributed by atoms with Crippen LogP contribution in [0.2, 0.25) is 0 Å². The highest BCUT2D eigenvalue weighted by molar-refractivity contribution is 9.10. The molecule has 1 amide bonds. The second-order valence-corrected chi connectivity index (χ2v) is 11.4. The number of nitrogens with two attached hydrogens (primary N) is 1. The van der Waals surface area contributed by atoms with E-state index in [0.717, 1.165) is 53.7 Å². The van der Waals surface area contributed by atoms with Gasteiger partial charge in [-0.05, 0) is 89.6 Å². The summed E-state index contributed by atoms with van der Waals surface area (Å²) in [6, 6.07) is 18.3. The highest BCUT2D eigenvalue weighted by atomic mass is 79.9. The van der Waals surface area contributed by atoms with Crippen LogP contribution in [0.25, 0.3) is 22.3 Å². The van der Waals surface area contributed by atoms with Crippen LogP contribution in [0.1, 0.15) is 41.6 Å². The van der Waals surface area contributed by atoms with Crippen molar-refractivity contribution in [2.45, 2.75) is 38.3 Å². The van der Waals surface area contributed by atoms with Crippen LogP contribution in [0, 0.1) is 0 Å². The van der Waals surface area contributed by atoms with Crippen molar-refractivity contribution < 1.29 is 9.53 Å². The monoisotopic (exact) mass is 612 g/mol. The topological polar surface area (TPSA) is 97.5 Å². The van der Waals surface area contributed by atoms with Gasteiger partial charge in [-0.1, -0.05) is 36.4 Å². The number of amides is 1. The number of benzene rings is 2. The Morgan fingerprint density at radius 2 is 1.44 bits per heavy atom. The number of aromatic nitrogens is 3. The van der Waals surface area contributed by atoms with Crippen LogP contribution >= 0.6 is 15.9 Å². The Morgan fingerprint density at radius 3 is 2.12 bits per heavy atom. The number of hydrogen-bond donors (Lipinski definition) is 1. The molecule has 0 radical (unpaired) electrons. The van der Waals surface area contributed by atoms with Gasteiger partial charge >= 0.3 is 0 Å². The lowest BCUT2D eigenvalue weighted by Gasteiger charge is -2.36. The molecule has 2 aliphatic heterocycles. The summed E-state index contributed by atoms with van der Waals surface area (Å²) in [6.07, 6.45) is 10.0. The van der Waals surface area contributed by atoms with Gasteiger partial charge in [0.25, 0.3) is 5.91 Å². The van der Waals surface area contributed by atoms with E-state index >= 15 is 0 Å². The summed E-state index contributed by atoms with van der Waals surface area (Å²) in [5.41, 5.74) is 11.6. The number of ether oxygens (including phenoxy) is 1. The van der Waals surface area contributed by atoms with Gasteiger partial charge in [0, 0.05) is 54.4 Å². The van der Waals surface area contributed by atoms with Gasteiger partial charge < -0.3 is 20.3 Å². The Morgan fingerprint density at radius 1 is 0.829 bits per heavy atom. The fraction of sp³-hybridized carbons (Fsp3) is 0.312. The van der Waals surface area contributed by atoms with Crippen molar-refractivity contribution in [3.63, 3.8) is 0 Å². The highest BCUT2D eigenvalue weighted by Crippen LogP contribution is 2.29. The van der Waals surface area contributed by atoms with Crippen LogP contribution < -0.4 is 10.5 Å². The van der Waals surface area contributed by atoms with Crippen molar-refractivity contribution in [1.29, 1.82) is 0 Å². The van der Waals surface area contributed by atoms with Gasteiger partial charge in [-0.25, -0.2) is 15.0 Å². The Balaban J connectivity index is 1.07. The molecule has 2 aromatic carbocycles. The largest absolute Gasteiger partial charge is 0.485 e. The number of pyridine rings is 1. The van der Waals surface area contributed by atoms with Crippen molar-refractivity contribution in [2.24, 2.45) is 0 Å². The summed E-state index contributed by atoms with van der Waals surface area (Å²) in [6.45, 7) is 4.43. The molecule has 2 saturated heterocycles. The molecule has 0 unspecified atom stereocenters. The molecule has 0 aliphatic carbocycles. The van der Waals surface area contributed by atoms with E-state index in [1.807, 2.05) is 59.5 Å². The number of nitrogens with zero attached hydrogens (tertiary/aromatic N) is 5. The summed E-state index contributed by atoms with van der Waals surface area (Å²) in [4.78, 5) is 30.5. The molecule has 2 N–H and O–H groups in total. The molecule has 0 saturated carbocycles. The predicted molar refractivity (Wildman–Crippen MR) is 163 cm³/mol. The van der Waals surface area contributed by atoms with Crippen molar-refractivity contribution in [3.8, 4) is 28.0 Å². The third-order valence-electron chi connectivity index (χ3n) is 8.06. The van der Waals surface area contributed by atoms with Gasteiger partial charge in [0.05, 0.1) is 0 Å². The molecule has 210 valence electrons. The predicted octanol–water partition coefficient (Wildman–Crippen LogP) is 5.83. The fourth-order valence-electron chi connectivity index (χ4n) is 5.67. The van der Waals surface area contributed by atoms with E-state index in [1.54, 1.807) is 18.6 Å². The van der Waals surface area contributed by atoms with E-state index in [1.165, 1.54) is 25.9 Å². The first kappa shape index (κ1) is 27.4. The van der Waals surface area contributed by atoms with Crippen LogP contribution in [0.3, 0.4) is 0 Å². The molecular weight excluding hydrogens is 580 g/mol. The molecule has 2 aliphatic rings. The van der Waals surface area contributed by atoms with Crippen LogP contribution in [-0.4, -0.2) is 62.9 Å². The fourth-order valence-corrected chi connectivity index (χ4v) is 5.88. The third-order valence-corrected chi connectivity index (χ3v) is 8.47. The summed E-state index contributed by atoms with van der Waals surface area (Å²) < 4.78 is 6.61. The molecule has 0 spiro atoms. The average molecular weight is 614 g/mol. The zero-order chi connectivity index (χ0) is 28.2. The number of hydrogen-bond acceptors (Lipinski definition) is 7. The normalized spacial score (nSPS) is 16.2. The summed E-state index contributed by atoms with van der Waals surface area (Å²) in [7, 11) is 0. The van der Waals surface area contributed by atoms with Crippen molar-refractivity contribution in [1.82, 2.24) is 24.8 Å². The van der Waals surface area contributed by atoms with Crippen LogP contribution in [0.4, 0.5) is 5.82 Å². The minimum Gasteiger partial charge on any atom is -0.485 e. The molecular formula is C32H33BrN6O2. The van der Waals surface area contributed by atoms with E-state index in [-0.39, 0.29) is 5.91 Å². The number of anilines is 1. The molecule has 8 nitrogen and oxygen atoms in total. The van der Waals surface area contributed by atoms with Crippen molar-refractivity contribution >= 4 is 27.7 Å². The van der Waals surface area contributed by atoms with E-state index in [9.17, 15) is 4.79 Å². The summed E-state index contributed by atoms with van der Waals surface area (Å²) in [5, 5.41) is 0. The Bertz CT molecular complexity index is 1480. The molecule has 0 atom stereocenters. The molecule has 41 heavy (non-hydrogen) atoms. The summed E-state index contributed by atoms with van der Waals surface area (Å²) >= 11 is 3.26. The smallest absolute Gasteiger partial charge is 0.253 e. The molecule has 4 aromatic rings. The molecule has 0 bridgehead atoms. The molecule has 2 fully saturated rings. The first-order chi connectivity index (χ1) is 20.0. The zero-order valence-electron chi connectivity index (χ0n) is 22.9. The minimum atomic E-state index is 0.106. The van der Waals surface area contributed by atoms with Crippen LogP contribution in [0.5, 0.6) is 5.75 Å². The number of piperidine rings is 1. The Kier molecular flexibility index (Phi) is 8.25. The quantitative estimate of drug-likeness (QED) is 0.262. The lowest BCUT2D eigenvalue weighted by molar-refractivity contribution is 0.0644. The van der Waals surface area contributed by atoms with E-state index < -0.39 is 0 Å². The number of carbonyl (C=O) groups excluding carboxylic acids is 1. The highest BCUT2D eigenvalue weighted by Gasteiger charge is 2.28. The average Bonchev–Trinajstić information content (AvgIpc) is 3.57. The Labute approximate surface area is 248 Å². The van der Waals surface area contributed by atoms with E-state index in [4.69, 9.17) is 10.5 Å². The zero-order valence-corrected chi connectivity index (χ0v) is 24.5. The van der Waals surface area contributed by atoms with Crippen LogP contribution in [-0.2, 0) is 6.61 Å². The molecule has 9 heteroatoms.